The first-order valence-corrected chi connectivity index (χ1v) is 14.5. The van der Waals surface area contributed by atoms with Gasteiger partial charge in [-0.15, -0.1) is 6.58 Å². The Morgan fingerprint density at radius 3 is 1.97 bits per heavy atom. The lowest BCUT2D eigenvalue weighted by molar-refractivity contribution is -0.209. The van der Waals surface area contributed by atoms with E-state index in [0.717, 1.165) is 0 Å². The van der Waals surface area contributed by atoms with Crippen molar-refractivity contribution in [3.05, 3.63) is 24.5 Å². The first kappa shape index (κ1) is 30.3. The second kappa shape index (κ2) is 11.3. The first-order valence-electron chi connectivity index (χ1n) is 12.4. The Balaban J connectivity index is 3.07. The zero-order chi connectivity index (χ0) is 26.6. The van der Waals surface area contributed by atoms with E-state index >= 15 is 0 Å². The number of ketones is 2. The number of esters is 1. The molecule has 0 saturated heterocycles. The predicted octanol–water partition coefficient (Wildman–Crippen LogP) is 6.51. The normalized spacial score (nSPS) is 18.3. The van der Waals surface area contributed by atoms with Crippen molar-refractivity contribution in [2.75, 3.05) is 0 Å². The molecule has 2 atom stereocenters. The highest BCUT2D eigenvalue weighted by atomic mass is 28.4. The molecule has 1 aliphatic rings. The van der Waals surface area contributed by atoms with Crippen LogP contribution >= 0.6 is 0 Å². The average molecular weight is 495 g/mol. The van der Waals surface area contributed by atoms with Crippen molar-refractivity contribution in [2.24, 2.45) is 11.3 Å². The fraction of sp³-hybridized carbons (Fsp3) is 0.741. The maximum Gasteiger partial charge on any atom is 0.337 e. The molecule has 7 heteroatoms. The highest BCUT2D eigenvalue weighted by Gasteiger charge is 2.47. The molecule has 1 unspecified atom stereocenters. The van der Waals surface area contributed by atoms with Crippen molar-refractivity contribution in [3.8, 4) is 0 Å². The number of allylic oxidation sites excluding steroid dienone is 2. The molecule has 34 heavy (non-hydrogen) atoms. The van der Waals surface area contributed by atoms with Gasteiger partial charge in [-0.25, -0.2) is 4.79 Å². The van der Waals surface area contributed by atoms with E-state index in [0.29, 0.717) is 16.6 Å². The third-order valence-corrected chi connectivity index (χ3v) is 13.1. The van der Waals surface area contributed by atoms with Crippen molar-refractivity contribution < 1.29 is 28.3 Å². The van der Waals surface area contributed by atoms with Crippen LogP contribution in [0.15, 0.2) is 24.5 Å². The van der Waals surface area contributed by atoms with Crippen molar-refractivity contribution >= 4 is 25.9 Å². The predicted molar refractivity (Wildman–Crippen MR) is 138 cm³/mol. The molecule has 0 aromatic heterocycles. The molecule has 0 bridgehead atoms. The molecule has 6 nitrogen and oxygen atoms in total. The van der Waals surface area contributed by atoms with E-state index in [1.54, 1.807) is 19.9 Å². The van der Waals surface area contributed by atoms with Gasteiger partial charge < -0.3 is 13.9 Å². The molecule has 0 fully saturated rings. The highest BCUT2D eigenvalue weighted by Crippen LogP contribution is 2.43. The van der Waals surface area contributed by atoms with Crippen LogP contribution in [0.3, 0.4) is 0 Å². The van der Waals surface area contributed by atoms with Crippen molar-refractivity contribution in [1.82, 2.24) is 0 Å². The van der Waals surface area contributed by atoms with Gasteiger partial charge in [0.1, 0.15) is 11.5 Å². The molecular formula is C27H46O6Si. The largest absolute Gasteiger partial charge is 0.456 e. The van der Waals surface area contributed by atoms with E-state index in [1.165, 1.54) is 6.08 Å². The first-order chi connectivity index (χ1) is 15.4. The van der Waals surface area contributed by atoms with Crippen LogP contribution in [0.5, 0.6) is 0 Å². The van der Waals surface area contributed by atoms with Gasteiger partial charge >= 0.3 is 5.97 Å². The number of Topliss-reactive ketones (excluding diaryl/α,β-unsaturated/α-hetero) is 2. The number of hydrogen-bond acceptors (Lipinski definition) is 6. The third kappa shape index (κ3) is 7.14. The Morgan fingerprint density at radius 2 is 1.56 bits per heavy atom. The minimum atomic E-state index is -2.14. The average Bonchev–Trinajstić information content (AvgIpc) is 2.63. The van der Waals surface area contributed by atoms with Crippen LogP contribution in [-0.4, -0.2) is 37.7 Å². The van der Waals surface area contributed by atoms with E-state index in [1.807, 2.05) is 20.8 Å². The summed E-state index contributed by atoms with van der Waals surface area (Å²) in [4.78, 5) is 38.5. The maximum absolute atomic E-state index is 13.4. The van der Waals surface area contributed by atoms with Crippen LogP contribution in [0.25, 0.3) is 0 Å². The van der Waals surface area contributed by atoms with Crippen molar-refractivity contribution in [2.45, 2.75) is 118 Å². The Labute approximate surface area is 207 Å². The molecule has 0 aromatic rings. The van der Waals surface area contributed by atoms with Gasteiger partial charge in [0.05, 0.1) is 18.4 Å². The smallest absolute Gasteiger partial charge is 0.337 e. The summed E-state index contributed by atoms with van der Waals surface area (Å²) in [6.45, 7) is 25.9. The number of carbonyl (C=O) groups is 3. The molecule has 0 saturated carbocycles. The van der Waals surface area contributed by atoms with Crippen LogP contribution in [-0.2, 0) is 28.3 Å². The van der Waals surface area contributed by atoms with E-state index in [4.69, 9.17) is 13.9 Å². The van der Waals surface area contributed by atoms with Crippen LogP contribution in [0.2, 0.25) is 16.6 Å². The monoisotopic (exact) mass is 494 g/mol. The third-order valence-electron chi connectivity index (χ3n) is 6.85. The lowest BCUT2D eigenvalue weighted by Crippen LogP contribution is -2.50. The summed E-state index contributed by atoms with van der Waals surface area (Å²) in [5.41, 5.74) is 0.488. The SMILES string of the molecule is C=CC(C)(C)C(C(=O)CC(=O)C[C@@H](C)O[Si](C(C)C)(C(C)C)C(C)C)C1=CC(=O)OC(C)(C)O1. The van der Waals surface area contributed by atoms with Gasteiger partial charge in [-0.05, 0) is 29.0 Å². The molecule has 1 rings (SSSR count). The lowest BCUT2D eigenvalue weighted by Gasteiger charge is -2.44. The minimum Gasteiger partial charge on any atom is -0.456 e. The van der Waals surface area contributed by atoms with Crippen molar-refractivity contribution in [1.29, 1.82) is 0 Å². The highest BCUT2D eigenvalue weighted by molar-refractivity contribution is 6.77. The number of hydrogen-bond donors (Lipinski definition) is 0. The molecule has 0 N–H and O–H groups in total. The Morgan fingerprint density at radius 1 is 1.06 bits per heavy atom. The molecule has 0 spiro atoms. The molecule has 1 heterocycles. The van der Waals surface area contributed by atoms with Gasteiger partial charge in [0.2, 0.25) is 14.1 Å². The summed E-state index contributed by atoms with van der Waals surface area (Å²) >= 11 is 0. The molecule has 0 amide bonds. The van der Waals surface area contributed by atoms with Crippen LogP contribution < -0.4 is 0 Å². The van der Waals surface area contributed by atoms with Gasteiger partial charge in [0, 0.05) is 26.4 Å². The second-order valence-electron chi connectivity index (χ2n) is 11.6. The molecule has 1 aliphatic heterocycles. The number of carbonyl (C=O) groups excluding carboxylic acids is 3. The van der Waals surface area contributed by atoms with Gasteiger partial charge in [-0.2, -0.15) is 0 Å². The number of cyclic esters (lactones) is 1. The topological polar surface area (TPSA) is 78.9 Å². The molecule has 0 aromatic carbocycles. The summed E-state index contributed by atoms with van der Waals surface area (Å²) in [5.74, 6) is -2.87. The molecule has 194 valence electrons. The van der Waals surface area contributed by atoms with Gasteiger partial charge in [0.25, 0.3) is 0 Å². The van der Waals surface area contributed by atoms with E-state index in [2.05, 4.69) is 48.1 Å². The minimum absolute atomic E-state index is 0.168. The number of ether oxygens (including phenoxy) is 2. The summed E-state index contributed by atoms with van der Waals surface area (Å²) in [6, 6.07) is 0. The zero-order valence-electron chi connectivity index (χ0n) is 23.1. The molecular weight excluding hydrogens is 448 g/mol. The summed E-state index contributed by atoms with van der Waals surface area (Å²) < 4.78 is 17.7. The quantitative estimate of drug-likeness (QED) is 0.126. The second-order valence-corrected chi connectivity index (χ2v) is 17.0. The van der Waals surface area contributed by atoms with Crippen LogP contribution in [0.4, 0.5) is 0 Å². The fourth-order valence-corrected chi connectivity index (χ4v) is 11.0. The van der Waals surface area contributed by atoms with E-state index in [-0.39, 0.29) is 36.3 Å². The van der Waals surface area contributed by atoms with Crippen LogP contribution in [0, 0.1) is 11.3 Å². The van der Waals surface area contributed by atoms with E-state index in [9.17, 15) is 14.4 Å². The maximum atomic E-state index is 13.4. The van der Waals surface area contributed by atoms with E-state index < -0.39 is 31.4 Å². The molecule has 0 radical (unpaired) electrons. The lowest BCUT2D eigenvalue weighted by atomic mass is 9.74. The standard InChI is InChI=1S/C27H46O6Si/c1-13-26(9,10)25(23-16-24(30)32-27(11,12)31-23)22(29)15-21(28)14-20(8)33-34(17(2)3,18(4)5)19(6)7/h13,16-20,25H,1,14-15H2,2-12H3/t20-,25?/m1/s1. The summed E-state index contributed by atoms with van der Waals surface area (Å²) in [5, 5.41) is 0. The summed E-state index contributed by atoms with van der Waals surface area (Å²) in [6.07, 6.45) is 2.48. The Hall–Kier alpha value is -1.73. The van der Waals surface area contributed by atoms with Crippen LogP contribution in [0.1, 0.15) is 89.0 Å². The zero-order valence-corrected chi connectivity index (χ0v) is 24.1. The van der Waals surface area contributed by atoms with Crippen molar-refractivity contribution in [3.63, 3.8) is 0 Å². The molecule has 0 aliphatic carbocycles. The Kier molecular flexibility index (Phi) is 10.1. The Bertz CT molecular complexity index is 784. The summed E-state index contributed by atoms with van der Waals surface area (Å²) in [7, 11) is -2.14. The van der Waals surface area contributed by atoms with Gasteiger partial charge in [-0.1, -0.05) is 61.5 Å². The fourth-order valence-electron chi connectivity index (χ4n) is 5.41. The van der Waals surface area contributed by atoms with Gasteiger partial charge in [0.15, 0.2) is 5.78 Å². The van der Waals surface area contributed by atoms with Gasteiger partial charge in [-0.3, -0.25) is 9.59 Å². The number of rotatable bonds is 13.